The molecule has 4 aromatic rings. The highest BCUT2D eigenvalue weighted by molar-refractivity contribution is 6.36. The maximum Gasteiger partial charge on any atom is 0.317 e. The zero-order valence-corrected chi connectivity index (χ0v) is 20.4. The first kappa shape index (κ1) is 23.2. The van der Waals surface area contributed by atoms with E-state index in [0.29, 0.717) is 31.2 Å². The molecular weight excluding hydrogens is 461 g/mol. The van der Waals surface area contributed by atoms with Crippen molar-refractivity contribution in [1.82, 2.24) is 29.8 Å². The van der Waals surface area contributed by atoms with Gasteiger partial charge in [0.2, 0.25) is 0 Å². The second-order valence-corrected chi connectivity index (χ2v) is 9.26. The number of hydrogen-bond donors (Lipinski definition) is 2. The molecule has 1 saturated heterocycles. The van der Waals surface area contributed by atoms with Gasteiger partial charge in [0.15, 0.2) is 5.65 Å². The first-order valence-electron chi connectivity index (χ1n) is 11.8. The summed E-state index contributed by atoms with van der Waals surface area (Å²) in [7, 11) is 2.02. The predicted molar refractivity (Wildman–Crippen MR) is 140 cm³/mol. The van der Waals surface area contributed by atoms with E-state index in [1.54, 1.807) is 6.20 Å². The van der Waals surface area contributed by atoms with Gasteiger partial charge in [-0.3, -0.25) is 4.98 Å². The van der Waals surface area contributed by atoms with E-state index in [9.17, 15) is 4.79 Å². The number of halogens is 1. The SMILES string of the molecule is Bc1cnn2c(NCc3cccnc3)cc(C3CCN(C(=O)NCc4ccccc4Cl)CC3)nc12. The minimum absolute atomic E-state index is 0.0581. The van der Waals surface area contributed by atoms with E-state index in [2.05, 4.69) is 26.8 Å². The van der Waals surface area contributed by atoms with Crippen molar-refractivity contribution in [3.63, 3.8) is 0 Å². The Morgan fingerprint density at radius 2 is 1.94 bits per heavy atom. The molecule has 2 amide bonds. The smallest absolute Gasteiger partial charge is 0.317 e. The predicted octanol–water partition coefficient (Wildman–Crippen LogP) is 2.74. The van der Waals surface area contributed by atoms with Gasteiger partial charge in [-0.15, -0.1) is 0 Å². The molecule has 2 N–H and O–H groups in total. The third-order valence-corrected chi connectivity index (χ3v) is 6.82. The number of nitrogens with one attached hydrogen (secondary N) is 2. The van der Waals surface area contributed by atoms with E-state index in [0.717, 1.165) is 46.6 Å². The largest absolute Gasteiger partial charge is 0.366 e. The van der Waals surface area contributed by atoms with Crippen molar-refractivity contribution in [1.29, 1.82) is 0 Å². The first-order valence-corrected chi connectivity index (χ1v) is 12.2. The van der Waals surface area contributed by atoms with Crippen molar-refractivity contribution in [3.8, 4) is 0 Å². The highest BCUT2D eigenvalue weighted by atomic mass is 35.5. The lowest BCUT2D eigenvalue weighted by Crippen LogP contribution is -2.44. The van der Waals surface area contributed by atoms with Gasteiger partial charge in [0, 0.05) is 67.5 Å². The number of hydrogen-bond acceptors (Lipinski definition) is 5. The number of fused-ring (bicyclic) bond motifs is 1. The molecule has 1 fully saturated rings. The van der Waals surface area contributed by atoms with Crippen LogP contribution in [0.3, 0.4) is 0 Å². The van der Waals surface area contributed by atoms with E-state index in [1.807, 2.05) is 66.1 Å². The van der Waals surface area contributed by atoms with Gasteiger partial charge in [0.1, 0.15) is 13.7 Å². The molecule has 3 aromatic heterocycles. The number of pyridine rings is 1. The molecule has 178 valence electrons. The average Bonchev–Trinajstić information content (AvgIpc) is 3.28. The Hall–Kier alpha value is -3.59. The van der Waals surface area contributed by atoms with Gasteiger partial charge in [-0.25, -0.2) is 9.78 Å². The fourth-order valence-corrected chi connectivity index (χ4v) is 4.63. The van der Waals surface area contributed by atoms with Crippen molar-refractivity contribution in [2.24, 2.45) is 0 Å². The lowest BCUT2D eigenvalue weighted by atomic mass is 9.93. The fraction of sp³-hybridized carbons (Fsp3) is 0.280. The van der Waals surface area contributed by atoms with Crippen molar-refractivity contribution < 1.29 is 4.79 Å². The number of rotatable bonds is 6. The summed E-state index contributed by atoms with van der Waals surface area (Å²) in [5, 5.41) is 11.7. The van der Waals surface area contributed by atoms with Crippen molar-refractivity contribution in [2.75, 3.05) is 18.4 Å². The van der Waals surface area contributed by atoms with Crippen molar-refractivity contribution in [3.05, 3.63) is 82.9 Å². The normalized spacial score (nSPS) is 14.3. The third kappa shape index (κ3) is 5.25. The monoisotopic (exact) mass is 487 g/mol. The zero-order chi connectivity index (χ0) is 24.2. The van der Waals surface area contributed by atoms with Crippen LogP contribution in [0, 0.1) is 0 Å². The number of urea groups is 1. The van der Waals surface area contributed by atoms with E-state index in [4.69, 9.17) is 16.6 Å². The number of aromatic nitrogens is 4. The summed E-state index contributed by atoms with van der Waals surface area (Å²) in [5.41, 5.74) is 4.94. The maximum atomic E-state index is 12.7. The number of likely N-dealkylation sites (tertiary alicyclic amines) is 1. The molecule has 5 rings (SSSR count). The highest BCUT2D eigenvalue weighted by Crippen LogP contribution is 2.29. The van der Waals surface area contributed by atoms with Crippen LogP contribution in [0.15, 0.2) is 61.1 Å². The maximum absolute atomic E-state index is 12.7. The molecule has 1 aliphatic heterocycles. The van der Waals surface area contributed by atoms with Gasteiger partial charge in [-0.05, 0) is 41.6 Å². The molecule has 4 heterocycles. The summed E-state index contributed by atoms with van der Waals surface area (Å²) in [6.45, 7) is 2.43. The van der Waals surface area contributed by atoms with Crippen LogP contribution in [0.25, 0.3) is 5.65 Å². The summed E-state index contributed by atoms with van der Waals surface area (Å²) < 4.78 is 1.85. The van der Waals surface area contributed by atoms with Crippen molar-refractivity contribution in [2.45, 2.75) is 31.8 Å². The van der Waals surface area contributed by atoms with E-state index in [-0.39, 0.29) is 11.9 Å². The standard InChI is InChI=1S/C25H27BClN7O/c26-20-16-31-34-23(29-14-17-4-3-9-28-13-17)12-22(32-24(20)34)18-7-10-33(11-8-18)25(35)30-15-19-5-1-2-6-21(19)27/h1-6,9,12-13,16,18,29H,7-8,10-11,14-15,26H2,(H,30,35). The lowest BCUT2D eigenvalue weighted by molar-refractivity contribution is 0.180. The van der Waals surface area contributed by atoms with Gasteiger partial charge in [0.05, 0.1) is 0 Å². The number of anilines is 1. The van der Waals surface area contributed by atoms with Gasteiger partial charge in [-0.2, -0.15) is 9.61 Å². The molecule has 0 bridgehead atoms. The van der Waals surface area contributed by atoms with Crippen LogP contribution in [-0.4, -0.2) is 51.4 Å². The summed E-state index contributed by atoms with van der Waals surface area (Å²) in [6, 6.07) is 13.6. The quantitative estimate of drug-likeness (QED) is 0.408. The van der Waals surface area contributed by atoms with Crippen LogP contribution in [0.1, 0.15) is 35.6 Å². The Morgan fingerprint density at radius 1 is 1.11 bits per heavy atom. The van der Waals surface area contributed by atoms with Crippen LogP contribution in [0.4, 0.5) is 10.6 Å². The Labute approximate surface area is 210 Å². The summed E-state index contributed by atoms with van der Waals surface area (Å²) in [5.74, 6) is 1.18. The van der Waals surface area contributed by atoms with Crippen LogP contribution in [-0.2, 0) is 13.1 Å². The molecule has 10 heteroatoms. The highest BCUT2D eigenvalue weighted by Gasteiger charge is 2.26. The molecule has 0 aliphatic carbocycles. The topological polar surface area (TPSA) is 87.5 Å². The Bertz CT molecular complexity index is 1320. The molecule has 0 unspecified atom stereocenters. The number of carbonyl (C=O) groups is 1. The van der Waals surface area contributed by atoms with E-state index < -0.39 is 0 Å². The minimum Gasteiger partial charge on any atom is -0.366 e. The van der Waals surface area contributed by atoms with Crippen LogP contribution in [0.2, 0.25) is 5.02 Å². The fourth-order valence-electron chi connectivity index (χ4n) is 4.42. The Balaban J connectivity index is 1.25. The zero-order valence-electron chi connectivity index (χ0n) is 19.6. The van der Waals surface area contributed by atoms with Crippen molar-refractivity contribution >= 4 is 42.4 Å². The average molecular weight is 488 g/mol. The number of nitrogens with zero attached hydrogens (tertiary/aromatic N) is 5. The van der Waals surface area contributed by atoms with Gasteiger partial charge in [-0.1, -0.05) is 35.9 Å². The molecule has 1 aliphatic rings. The van der Waals surface area contributed by atoms with E-state index in [1.165, 1.54) is 0 Å². The number of piperidine rings is 1. The minimum atomic E-state index is -0.0581. The molecular formula is C25H27BClN7O. The number of carbonyl (C=O) groups excluding carboxylic acids is 1. The Kier molecular flexibility index (Phi) is 6.85. The van der Waals surface area contributed by atoms with E-state index >= 15 is 0 Å². The molecule has 35 heavy (non-hydrogen) atoms. The first-order chi connectivity index (χ1) is 17.1. The summed E-state index contributed by atoms with van der Waals surface area (Å²) >= 11 is 6.21. The molecule has 0 spiro atoms. The third-order valence-electron chi connectivity index (χ3n) is 6.45. The van der Waals surface area contributed by atoms with Gasteiger partial charge < -0.3 is 15.5 Å². The number of benzene rings is 1. The van der Waals surface area contributed by atoms with Crippen LogP contribution < -0.4 is 16.1 Å². The van der Waals surface area contributed by atoms with Crippen LogP contribution in [0.5, 0.6) is 0 Å². The second-order valence-electron chi connectivity index (χ2n) is 8.86. The summed E-state index contributed by atoms with van der Waals surface area (Å²) in [6.07, 6.45) is 7.18. The molecule has 8 nitrogen and oxygen atoms in total. The van der Waals surface area contributed by atoms with Crippen LogP contribution >= 0.6 is 11.6 Å². The molecule has 0 saturated carbocycles. The number of amides is 2. The molecule has 1 aromatic carbocycles. The molecule has 0 atom stereocenters. The lowest BCUT2D eigenvalue weighted by Gasteiger charge is -2.32. The Morgan fingerprint density at radius 3 is 2.71 bits per heavy atom. The second kappa shape index (κ2) is 10.4. The molecule has 0 radical (unpaired) electrons. The van der Waals surface area contributed by atoms with Gasteiger partial charge in [0.25, 0.3) is 0 Å². The van der Waals surface area contributed by atoms with Gasteiger partial charge >= 0.3 is 6.03 Å². The summed E-state index contributed by atoms with van der Waals surface area (Å²) in [4.78, 5) is 23.7.